The Labute approximate surface area is 159 Å². The van der Waals surface area contributed by atoms with Gasteiger partial charge in [-0.1, -0.05) is 6.92 Å². The molecule has 0 aliphatic rings. The molecule has 0 radical (unpaired) electrons. The topological polar surface area (TPSA) is 113 Å². The Morgan fingerprint density at radius 1 is 1.22 bits per heavy atom. The fraction of sp³-hybridized carbons (Fsp3) is 0.588. The number of imidazole rings is 1. The third-order valence-electron chi connectivity index (χ3n) is 3.70. The summed E-state index contributed by atoms with van der Waals surface area (Å²) in [6, 6.07) is 0.0512. The van der Waals surface area contributed by atoms with Crippen molar-refractivity contribution in [1.82, 2.24) is 34.7 Å². The first kappa shape index (κ1) is 20.6. The molecule has 10 heteroatoms. The van der Waals surface area contributed by atoms with Gasteiger partial charge < -0.3 is 20.1 Å². The van der Waals surface area contributed by atoms with Gasteiger partial charge in [0.1, 0.15) is 11.5 Å². The molecule has 1 amide bonds. The average Bonchev–Trinajstić information content (AvgIpc) is 2.94. The Morgan fingerprint density at radius 3 is 2.56 bits per heavy atom. The van der Waals surface area contributed by atoms with Crippen molar-refractivity contribution >= 4 is 23.8 Å². The van der Waals surface area contributed by atoms with Crippen LogP contribution in [0.2, 0.25) is 0 Å². The summed E-state index contributed by atoms with van der Waals surface area (Å²) in [6.07, 6.45) is 2.21. The lowest BCUT2D eigenvalue weighted by Gasteiger charge is -2.12. The number of carbonyl (C=O) groups is 1. The second-order valence-corrected chi connectivity index (χ2v) is 6.76. The molecule has 0 unspecified atom stereocenters. The summed E-state index contributed by atoms with van der Waals surface area (Å²) in [5.41, 5.74) is 0.459. The number of nitrogens with one attached hydrogen (secondary N) is 3. The van der Waals surface area contributed by atoms with Gasteiger partial charge in [0.2, 0.25) is 17.8 Å². The SMILES string of the molecule is CCc1nc(NCCN(C)C)nc(Nc2ncc(C(=O)NC(C)C)n2C)n1. The van der Waals surface area contributed by atoms with Crippen LogP contribution in [0.25, 0.3) is 0 Å². The van der Waals surface area contributed by atoms with E-state index in [2.05, 4.69) is 40.8 Å². The Morgan fingerprint density at radius 2 is 1.93 bits per heavy atom. The van der Waals surface area contributed by atoms with E-state index in [4.69, 9.17) is 0 Å². The van der Waals surface area contributed by atoms with E-state index in [9.17, 15) is 4.79 Å². The van der Waals surface area contributed by atoms with Gasteiger partial charge in [-0.25, -0.2) is 4.98 Å². The van der Waals surface area contributed by atoms with E-state index in [-0.39, 0.29) is 11.9 Å². The highest BCUT2D eigenvalue weighted by Gasteiger charge is 2.16. The maximum atomic E-state index is 12.2. The van der Waals surface area contributed by atoms with E-state index in [1.165, 1.54) is 6.20 Å². The molecule has 0 saturated heterocycles. The van der Waals surface area contributed by atoms with Crippen molar-refractivity contribution in [1.29, 1.82) is 0 Å². The summed E-state index contributed by atoms with van der Waals surface area (Å²) in [7, 11) is 5.78. The van der Waals surface area contributed by atoms with Crippen molar-refractivity contribution in [3.63, 3.8) is 0 Å². The first-order valence-corrected chi connectivity index (χ1v) is 9.03. The number of likely N-dealkylation sites (N-methyl/N-ethyl adjacent to an activating group) is 1. The van der Waals surface area contributed by atoms with Crippen LogP contribution in [-0.2, 0) is 13.5 Å². The Hall–Kier alpha value is -2.75. The van der Waals surface area contributed by atoms with Gasteiger partial charge in [-0.05, 0) is 27.9 Å². The molecule has 2 heterocycles. The number of nitrogens with zero attached hydrogens (tertiary/aromatic N) is 6. The highest BCUT2D eigenvalue weighted by atomic mass is 16.2. The summed E-state index contributed by atoms with van der Waals surface area (Å²) in [4.78, 5) is 31.8. The molecular formula is C17H29N9O. The van der Waals surface area contributed by atoms with Crippen LogP contribution in [0.15, 0.2) is 6.20 Å². The number of aromatic nitrogens is 5. The van der Waals surface area contributed by atoms with Crippen LogP contribution < -0.4 is 16.0 Å². The van der Waals surface area contributed by atoms with Crippen LogP contribution in [-0.4, -0.2) is 68.5 Å². The zero-order valence-electron chi connectivity index (χ0n) is 16.9. The van der Waals surface area contributed by atoms with Crippen molar-refractivity contribution in [3.8, 4) is 0 Å². The summed E-state index contributed by atoms with van der Waals surface area (Å²) in [5, 5.41) is 9.13. The standard InChI is InChI=1S/C17H29N9O/c1-7-13-21-15(18-8-9-25(4)5)23-16(22-13)24-17-19-10-12(26(17)6)14(27)20-11(2)3/h10-11H,7-9H2,1-6H3,(H,20,27)(H2,18,19,21,22,23,24). The third kappa shape index (κ3) is 5.88. The maximum Gasteiger partial charge on any atom is 0.269 e. The molecule has 2 aromatic heterocycles. The van der Waals surface area contributed by atoms with E-state index in [1.807, 2.05) is 34.9 Å². The van der Waals surface area contributed by atoms with E-state index in [0.717, 1.165) is 13.1 Å². The second kappa shape index (κ2) is 9.26. The normalized spacial score (nSPS) is 11.1. The average molecular weight is 375 g/mol. The zero-order valence-corrected chi connectivity index (χ0v) is 16.9. The second-order valence-electron chi connectivity index (χ2n) is 6.76. The van der Waals surface area contributed by atoms with Crippen LogP contribution in [0.1, 0.15) is 37.1 Å². The van der Waals surface area contributed by atoms with E-state index in [1.54, 1.807) is 11.6 Å². The molecule has 0 aliphatic heterocycles. The van der Waals surface area contributed by atoms with Crippen molar-refractivity contribution in [2.24, 2.45) is 7.05 Å². The highest BCUT2D eigenvalue weighted by Crippen LogP contribution is 2.14. The zero-order chi connectivity index (χ0) is 20.0. The number of hydrogen-bond donors (Lipinski definition) is 3. The predicted octanol–water partition coefficient (Wildman–Crippen LogP) is 1.02. The molecule has 0 aromatic carbocycles. The Balaban J connectivity index is 2.16. The van der Waals surface area contributed by atoms with Gasteiger partial charge in [0.25, 0.3) is 5.91 Å². The van der Waals surface area contributed by atoms with Gasteiger partial charge in [-0.15, -0.1) is 0 Å². The van der Waals surface area contributed by atoms with Crippen LogP contribution >= 0.6 is 0 Å². The lowest BCUT2D eigenvalue weighted by Crippen LogP contribution is -2.31. The lowest BCUT2D eigenvalue weighted by molar-refractivity contribution is 0.0935. The van der Waals surface area contributed by atoms with Crippen LogP contribution in [0.5, 0.6) is 0 Å². The third-order valence-corrected chi connectivity index (χ3v) is 3.70. The van der Waals surface area contributed by atoms with Gasteiger partial charge in [-0.2, -0.15) is 15.0 Å². The predicted molar refractivity (Wildman–Crippen MR) is 105 cm³/mol. The molecular weight excluding hydrogens is 346 g/mol. The minimum absolute atomic E-state index is 0.0512. The molecule has 2 aromatic rings. The molecule has 3 N–H and O–H groups in total. The number of hydrogen-bond acceptors (Lipinski definition) is 8. The van der Waals surface area contributed by atoms with E-state index in [0.29, 0.717) is 35.8 Å². The van der Waals surface area contributed by atoms with Crippen LogP contribution in [0.3, 0.4) is 0 Å². The Bertz CT molecular complexity index is 770. The molecule has 0 bridgehead atoms. The number of aryl methyl sites for hydroxylation is 1. The first-order valence-electron chi connectivity index (χ1n) is 9.03. The fourth-order valence-corrected chi connectivity index (χ4v) is 2.28. The monoisotopic (exact) mass is 375 g/mol. The van der Waals surface area contributed by atoms with Crippen molar-refractivity contribution in [3.05, 3.63) is 17.7 Å². The van der Waals surface area contributed by atoms with Gasteiger partial charge in [0, 0.05) is 32.6 Å². The summed E-state index contributed by atoms with van der Waals surface area (Å²) in [5.74, 6) is 1.88. The molecule has 2 rings (SSSR count). The fourth-order valence-electron chi connectivity index (χ4n) is 2.28. The number of carbonyl (C=O) groups excluding carboxylic acids is 1. The largest absolute Gasteiger partial charge is 0.353 e. The number of anilines is 3. The van der Waals surface area contributed by atoms with Gasteiger partial charge in [0.05, 0.1) is 6.20 Å². The van der Waals surface area contributed by atoms with E-state index < -0.39 is 0 Å². The Kier molecular flexibility index (Phi) is 7.05. The smallest absolute Gasteiger partial charge is 0.269 e. The van der Waals surface area contributed by atoms with Crippen LogP contribution in [0.4, 0.5) is 17.8 Å². The van der Waals surface area contributed by atoms with Gasteiger partial charge >= 0.3 is 0 Å². The maximum absolute atomic E-state index is 12.2. The van der Waals surface area contributed by atoms with Gasteiger partial charge in [-0.3, -0.25) is 10.1 Å². The molecule has 27 heavy (non-hydrogen) atoms. The summed E-state index contributed by atoms with van der Waals surface area (Å²) < 4.78 is 1.67. The summed E-state index contributed by atoms with van der Waals surface area (Å²) >= 11 is 0. The minimum atomic E-state index is -0.177. The van der Waals surface area contributed by atoms with Crippen molar-refractivity contribution in [2.75, 3.05) is 37.8 Å². The lowest BCUT2D eigenvalue weighted by atomic mass is 10.3. The molecule has 148 valence electrons. The minimum Gasteiger partial charge on any atom is -0.353 e. The van der Waals surface area contributed by atoms with E-state index >= 15 is 0 Å². The summed E-state index contributed by atoms with van der Waals surface area (Å²) in [6.45, 7) is 7.40. The molecule has 0 aliphatic carbocycles. The molecule has 10 nitrogen and oxygen atoms in total. The van der Waals surface area contributed by atoms with Crippen LogP contribution in [0, 0.1) is 0 Å². The van der Waals surface area contributed by atoms with Gasteiger partial charge in [0.15, 0.2) is 0 Å². The quantitative estimate of drug-likeness (QED) is 0.595. The highest BCUT2D eigenvalue weighted by molar-refractivity contribution is 5.93. The van der Waals surface area contributed by atoms with Crippen molar-refractivity contribution in [2.45, 2.75) is 33.2 Å². The molecule has 0 saturated carbocycles. The first-order chi connectivity index (χ1) is 12.8. The molecule has 0 fully saturated rings. The van der Waals surface area contributed by atoms with Crippen molar-refractivity contribution < 1.29 is 4.79 Å². The number of amides is 1. The molecule has 0 spiro atoms. The molecule has 0 atom stereocenters. The number of rotatable bonds is 9.